The fourth-order valence-corrected chi connectivity index (χ4v) is 1.89. The molecular weight excluding hydrogens is 320 g/mol. The van der Waals surface area contributed by atoms with Crippen molar-refractivity contribution in [1.29, 1.82) is 0 Å². The molecular formula is C13H16ClF2N3O3. The number of hydrogen-bond acceptors (Lipinski definition) is 4. The molecule has 1 aromatic rings. The number of benzene rings is 1. The fraction of sp³-hybridized carbons (Fsp3) is 0.385. The van der Waals surface area contributed by atoms with Crippen LogP contribution < -0.4 is 16.0 Å². The molecule has 1 atom stereocenters. The fourth-order valence-electron chi connectivity index (χ4n) is 1.89. The standard InChI is InChI=1S/C13H15F2N3O3.ClH/c1-7(19)17-10-4-8(14)9(15)5-11(10)18-13(20)12-6-16-2-3-21-12;/h4-5,12,16H,2-3,6H2,1H3,(H,17,19)(H,18,20);1H. The van der Waals surface area contributed by atoms with Gasteiger partial charge in [-0.15, -0.1) is 12.4 Å². The second-order valence-electron chi connectivity index (χ2n) is 4.55. The Morgan fingerprint density at radius 3 is 2.32 bits per heavy atom. The minimum Gasteiger partial charge on any atom is -0.366 e. The molecule has 2 rings (SSSR count). The van der Waals surface area contributed by atoms with Crippen LogP contribution in [0.15, 0.2) is 12.1 Å². The van der Waals surface area contributed by atoms with Crippen LogP contribution in [0.2, 0.25) is 0 Å². The minimum absolute atomic E-state index is 0. The Morgan fingerprint density at radius 1 is 1.23 bits per heavy atom. The van der Waals surface area contributed by atoms with Crippen molar-refractivity contribution >= 4 is 35.6 Å². The highest BCUT2D eigenvalue weighted by molar-refractivity contribution is 6.00. The first-order chi connectivity index (χ1) is 9.97. The predicted octanol–water partition coefficient (Wildman–Crippen LogP) is 1.27. The number of carbonyl (C=O) groups is 2. The van der Waals surface area contributed by atoms with E-state index in [9.17, 15) is 18.4 Å². The van der Waals surface area contributed by atoms with Crippen molar-refractivity contribution in [2.75, 3.05) is 30.3 Å². The van der Waals surface area contributed by atoms with Gasteiger partial charge in [0, 0.05) is 32.1 Å². The van der Waals surface area contributed by atoms with Gasteiger partial charge in [0.25, 0.3) is 5.91 Å². The zero-order valence-corrected chi connectivity index (χ0v) is 12.6. The van der Waals surface area contributed by atoms with Crippen molar-refractivity contribution in [2.24, 2.45) is 0 Å². The van der Waals surface area contributed by atoms with Crippen LogP contribution in [0.25, 0.3) is 0 Å². The molecule has 3 N–H and O–H groups in total. The maximum absolute atomic E-state index is 13.3. The summed E-state index contributed by atoms with van der Waals surface area (Å²) < 4.78 is 31.8. The third kappa shape index (κ3) is 4.62. The second kappa shape index (κ2) is 8.02. The molecule has 1 aliphatic heterocycles. The summed E-state index contributed by atoms with van der Waals surface area (Å²) in [6, 6.07) is 1.63. The van der Waals surface area contributed by atoms with Gasteiger partial charge in [0.1, 0.15) is 6.10 Å². The lowest BCUT2D eigenvalue weighted by molar-refractivity contribution is -0.128. The molecule has 1 saturated heterocycles. The molecule has 0 aliphatic carbocycles. The van der Waals surface area contributed by atoms with E-state index in [1.807, 2.05) is 0 Å². The van der Waals surface area contributed by atoms with Gasteiger partial charge in [-0.2, -0.15) is 0 Å². The van der Waals surface area contributed by atoms with Crippen molar-refractivity contribution < 1.29 is 23.1 Å². The van der Waals surface area contributed by atoms with Crippen molar-refractivity contribution in [3.8, 4) is 0 Å². The summed E-state index contributed by atoms with van der Waals surface area (Å²) in [6.07, 6.45) is -0.725. The molecule has 2 amide bonds. The lowest BCUT2D eigenvalue weighted by atomic mass is 10.2. The summed E-state index contributed by atoms with van der Waals surface area (Å²) in [6.45, 7) is 2.58. The Kier molecular flexibility index (Phi) is 6.66. The molecule has 1 aliphatic rings. The molecule has 122 valence electrons. The van der Waals surface area contributed by atoms with Crippen LogP contribution >= 0.6 is 12.4 Å². The Morgan fingerprint density at radius 2 is 1.82 bits per heavy atom. The topological polar surface area (TPSA) is 79.5 Å². The first kappa shape index (κ1) is 18.3. The number of carbonyl (C=O) groups excluding carboxylic acids is 2. The van der Waals surface area contributed by atoms with Crippen molar-refractivity contribution in [2.45, 2.75) is 13.0 Å². The quantitative estimate of drug-likeness (QED) is 0.777. The van der Waals surface area contributed by atoms with Crippen LogP contribution in [-0.4, -0.2) is 37.6 Å². The molecule has 1 heterocycles. The van der Waals surface area contributed by atoms with Crippen molar-refractivity contribution in [1.82, 2.24) is 5.32 Å². The maximum atomic E-state index is 13.3. The van der Waals surface area contributed by atoms with E-state index in [0.717, 1.165) is 12.1 Å². The number of hydrogen-bond donors (Lipinski definition) is 3. The van der Waals surface area contributed by atoms with E-state index in [2.05, 4.69) is 16.0 Å². The van der Waals surface area contributed by atoms with Crippen LogP contribution in [0.1, 0.15) is 6.92 Å². The van der Waals surface area contributed by atoms with Gasteiger partial charge in [-0.3, -0.25) is 9.59 Å². The Hall–Kier alpha value is -1.77. The van der Waals surface area contributed by atoms with Crippen LogP contribution in [0.3, 0.4) is 0 Å². The number of ether oxygens (including phenoxy) is 1. The number of morpholine rings is 1. The molecule has 22 heavy (non-hydrogen) atoms. The zero-order valence-electron chi connectivity index (χ0n) is 11.7. The van der Waals surface area contributed by atoms with E-state index in [4.69, 9.17) is 4.74 Å². The SMILES string of the molecule is CC(=O)Nc1cc(F)c(F)cc1NC(=O)C1CNCCO1.Cl. The summed E-state index contributed by atoms with van der Waals surface area (Å²) in [5.41, 5.74) is -0.0400. The summed E-state index contributed by atoms with van der Waals surface area (Å²) in [4.78, 5) is 23.1. The molecule has 9 heteroatoms. The molecule has 6 nitrogen and oxygen atoms in total. The molecule has 1 aromatic carbocycles. The van der Waals surface area contributed by atoms with E-state index < -0.39 is 29.6 Å². The smallest absolute Gasteiger partial charge is 0.254 e. The Balaban J connectivity index is 0.00000242. The van der Waals surface area contributed by atoms with Crippen LogP contribution in [0, 0.1) is 11.6 Å². The van der Waals surface area contributed by atoms with E-state index in [1.165, 1.54) is 6.92 Å². The molecule has 1 fully saturated rings. The maximum Gasteiger partial charge on any atom is 0.254 e. The Labute approximate surface area is 132 Å². The van der Waals surface area contributed by atoms with E-state index in [1.54, 1.807) is 0 Å². The first-order valence-electron chi connectivity index (χ1n) is 6.37. The summed E-state index contributed by atoms with van der Waals surface area (Å²) in [7, 11) is 0. The molecule has 0 aromatic heterocycles. The normalized spacial score (nSPS) is 17.3. The first-order valence-corrected chi connectivity index (χ1v) is 6.37. The van der Waals surface area contributed by atoms with E-state index in [-0.39, 0.29) is 23.8 Å². The number of anilines is 2. The molecule has 0 radical (unpaired) electrons. The van der Waals surface area contributed by atoms with Gasteiger partial charge in [0.2, 0.25) is 5.91 Å². The van der Waals surface area contributed by atoms with Crippen molar-refractivity contribution in [3.05, 3.63) is 23.8 Å². The van der Waals surface area contributed by atoms with Crippen LogP contribution in [-0.2, 0) is 14.3 Å². The van der Waals surface area contributed by atoms with E-state index >= 15 is 0 Å². The summed E-state index contributed by atoms with van der Waals surface area (Å²) in [5, 5.41) is 7.74. The highest BCUT2D eigenvalue weighted by Gasteiger charge is 2.23. The van der Waals surface area contributed by atoms with Crippen LogP contribution in [0.5, 0.6) is 0 Å². The highest BCUT2D eigenvalue weighted by atomic mass is 35.5. The molecule has 0 saturated carbocycles. The minimum atomic E-state index is -1.12. The zero-order chi connectivity index (χ0) is 15.4. The molecule has 0 bridgehead atoms. The molecule has 0 spiro atoms. The largest absolute Gasteiger partial charge is 0.366 e. The predicted molar refractivity (Wildman–Crippen MR) is 79.1 cm³/mol. The van der Waals surface area contributed by atoms with Gasteiger partial charge in [-0.25, -0.2) is 8.78 Å². The highest BCUT2D eigenvalue weighted by Crippen LogP contribution is 2.25. The van der Waals surface area contributed by atoms with E-state index in [0.29, 0.717) is 19.7 Å². The second-order valence-corrected chi connectivity index (χ2v) is 4.55. The van der Waals surface area contributed by atoms with Crippen molar-refractivity contribution in [3.63, 3.8) is 0 Å². The average molecular weight is 336 g/mol. The lowest BCUT2D eigenvalue weighted by Gasteiger charge is -2.23. The van der Waals surface area contributed by atoms with Gasteiger partial charge in [-0.1, -0.05) is 0 Å². The number of rotatable bonds is 3. The monoisotopic (exact) mass is 335 g/mol. The van der Waals surface area contributed by atoms with Gasteiger partial charge < -0.3 is 20.7 Å². The number of halogens is 3. The number of nitrogens with one attached hydrogen (secondary N) is 3. The number of amides is 2. The summed E-state index contributed by atoms with van der Waals surface area (Å²) in [5.74, 6) is -3.21. The third-order valence-corrected chi connectivity index (χ3v) is 2.85. The third-order valence-electron chi connectivity index (χ3n) is 2.85. The summed E-state index contributed by atoms with van der Waals surface area (Å²) >= 11 is 0. The van der Waals surface area contributed by atoms with Gasteiger partial charge in [0.05, 0.1) is 18.0 Å². The Bertz CT molecular complexity index is 566. The average Bonchev–Trinajstić information content (AvgIpc) is 2.44. The van der Waals surface area contributed by atoms with Gasteiger partial charge >= 0.3 is 0 Å². The van der Waals surface area contributed by atoms with Gasteiger partial charge in [-0.05, 0) is 0 Å². The van der Waals surface area contributed by atoms with Crippen LogP contribution in [0.4, 0.5) is 20.2 Å². The lowest BCUT2D eigenvalue weighted by Crippen LogP contribution is -2.45. The van der Waals surface area contributed by atoms with Gasteiger partial charge in [0.15, 0.2) is 11.6 Å². The molecule has 1 unspecified atom stereocenters.